The Labute approximate surface area is 129 Å². The van der Waals surface area contributed by atoms with E-state index in [2.05, 4.69) is 5.38 Å². The highest BCUT2D eigenvalue weighted by atomic mass is 35.5. The van der Waals surface area contributed by atoms with E-state index in [4.69, 9.17) is 22.3 Å². The van der Waals surface area contributed by atoms with E-state index in [0.717, 1.165) is 34.1 Å². The Morgan fingerprint density at radius 1 is 1.10 bits per heavy atom. The summed E-state index contributed by atoms with van der Waals surface area (Å²) in [5.41, 5.74) is 8.33. The van der Waals surface area contributed by atoms with Gasteiger partial charge in [0.05, 0.1) is 11.2 Å². The van der Waals surface area contributed by atoms with Gasteiger partial charge in [-0.05, 0) is 18.9 Å². The number of hydrogen-bond acceptors (Lipinski definition) is 3. The monoisotopic (exact) mass is 306 g/mol. The molecule has 20 heavy (non-hydrogen) atoms. The zero-order valence-corrected chi connectivity index (χ0v) is 13.0. The highest BCUT2D eigenvalue weighted by Crippen LogP contribution is 2.37. The average molecular weight is 307 g/mol. The summed E-state index contributed by atoms with van der Waals surface area (Å²) in [7, 11) is 0. The molecule has 2 N–H and O–H groups in total. The molecular weight excluding hydrogens is 288 g/mol. The fourth-order valence-corrected chi connectivity index (χ4v) is 4.09. The molecule has 106 valence electrons. The molecule has 1 aliphatic rings. The van der Waals surface area contributed by atoms with E-state index in [1.165, 1.54) is 25.7 Å². The summed E-state index contributed by atoms with van der Waals surface area (Å²) in [4.78, 5) is 4.79. The zero-order valence-electron chi connectivity index (χ0n) is 11.4. The van der Waals surface area contributed by atoms with Gasteiger partial charge in [-0.1, -0.05) is 55.5 Å². The first-order valence-electron chi connectivity index (χ1n) is 7.19. The predicted molar refractivity (Wildman–Crippen MR) is 86.1 cm³/mol. The van der Waals surface area contributed by atoms with Crippen molar-refractivity contribution in [2.45, 2.75) is 44.1 Å². The number of rotatable bonds is 2. The van der Waals surface area contributed by atoms with E-state index >= 15 is 0 Å². The standard InChI is InChI=1S/C16H19ClN2S/c17-13-8-4-3-7-12(13)14-11-20-15(19-14)16(18)9-5-1-2-6-10-16/h3-4,7-8,11H,1-2,5-6,9-10,18H2. The normalized spacial score (nSPS) is 18.7. The Kier molecular flexibility index (Phi) is 4.11. The number of halogens is 1. The maximum Gasteiger partial charge on any atom is 0.113 e. The molecule has 3 rings (SSSR count). The Hall–Kier alpha value is -0.900. The van der Waals surface area contributed by atoms with Crippen LogP contribution in [0.2, 0.25) is 5.02 Å². The first kappa shape index (κ1) is 14.1. The SMILES string of the molecule is NC1(c2nc(-c3ccccc3Cl)cs2)CCCCCC1. The molecule has 0 atom stereocenters. The molecule has 4 heteroatoms. The molecule has 0 unspecified atom stereocenters. The van der Waals surface area contributed by atoms with Crippen LogP contribution in [0.3, 0.4) is 0 Å². The number of hydrogen-bond donors (Lipinski definition) is 1. The van der Waals surface area contributed by atoms with Gasteiger partial charge in [0.15, 0.2) is 0 Å². The Morgan fingerprint density at radius 2 is 1.80 bits per heavy atom. The zero-order chi connectivity index (χ0) is 14.0. The Morgan fingerprint density at radius 3 is 2.50 bits per heavy atom. The molecule has 1 aromatic heterocycles. The van der Waals surface area contributed by atoms with Gasteiger partial charge in [-0.3, -0.25) is 0 Å². The summed E-state index contributed by atoms with van der Waals surface area (Å²) in [6.07, 6.45) is 7.09. The number of nitrogens with two attached hydrogens (primary N) is 1. The molecule has 0 bridgehead atoms. The second-order valence-corrected chi connectivity index (χ2v) is 6.85. The molecule has 1 fully saturated rings. The third kappa shape index (κ3) is 2.76. The van der Waals surface area contributed by atoms with E-state index < -0.39 is 0 Å². The predicted octanol–water partition coefficient (Wildman–Crippen LogP) is 4.97. The minimum atomic E-state index is -0.235. The van der Waals surface area contributed by atoms with Gasteiger partial charge in [-0.2, -0.15) is 0 Å². The third-order valence-electron chi connectivity index (χ3n) is 4.08. The van der Waals surface area contributed by atoms with Crippen molar-refractivity contribution in [1.29, 1.82) is 0 Å². The van der Waals surface area contributed by atoms with Crippen molar-refractivity contribution in [2.24, 2.45) is 5.73 Å². The molecule has 1 aromatic carbocycles. The van der Waals surface area contributed by atoms with Crippen molar-refractivity contribution in [3.8, 4) is 11.3 Å². The summed E-state index contributed by atoms with van der Waals surface area (Å²) in [6, 6.07) is 7.84. The average Bonchev–Trinajstić information content (AvgIpc) is 2.84. The molecule has 1 saturated carbocycles. The second kappa shape index (κ2) is 5.84. The maximum atomic E-state index is 6.62. The lowest BCUT2D eigenvalue weighted by Crippen LogP contribution is -2.35. The fourth-order valence-electron chi connectivity index (χ4n) is 2.87. The second-order valence-electron chi connectivity index (χ2n) is 5.59. The van der Waals surface area contributed by atoms with Crippen LogP contribution in [0.15, 0.2) is 29.6 Å². The van der Waals surface area contributed by atoms with Gasteiger partial charge in [0.25, 0.3) is 0 Å². The Balaban J connectivity index is 1.92. The van der Waals surface area contributed by atoms with E-state index in [9.17, 15) is 0 Å². The lowest BCUT2D eigenvalue weighted by Gasteiger charge is -2.25. The third-order valence-corrected chi connectivity index (χ3v) is 5.47. The van der Waals surface area contributed by atoms with Crippen LogP contribution in [0.4, 0.5) is 0 Å². The van der Waals surface area contributed by atoms with E-state index in [1.807, 2.05) is 24.3 Å². The van der Waals surface area contributed by atoms with Crippen LogP contribution < -0.4 is 5.73 Å². The van der Waals surface area contributed by atoms with Crippen molar-refractivity contribution in [3.05, 3.63) is 39.7 Å². The molecule has 0 amide bonds. The highest BCUT2D eigenvalue weighted by Gasteiger charge is 2.31. The minimum absolute atomic E-state index is 0.235. The summed E-state index contributed by atoms with van der Waals surface area (Å²) < 4.78 is 0. The van der Waals surface area contributed by atoms with Crippen LogP contribution in [0.25, 0.3) is 11.3 Å². The van der Waals surface area contributed by atoms with Gasteiger partial charge in [-0.25, -0.2) is 4.98 Å². The van der Waals surface area contributed by atoms with Gasteiger partial charge >= 0.3 is 0 Å². The molecule has 2 aromatic rings. The minimum Gasteiger partial charge on any atom is -0.319 e. The lowest BCUT2D eigenvalue weighted by atomic mass is 9.92. The van der Waals surface area contributed by atoms with Crippen LogP contribution >= 0.6 is 22.9 Å². The number of benzene rings is 1. The molecule has 0 saturated heterocycles. The lowest BCUT2D eigenvalue weighted by molar-refractivity contribution is 0.384. The van der Waals surface area contributed by atoms with Crippen molar-refractivity contribution in [3.63, 3.8) is 0 Å². The van der Waals surface area contributed by atoms with E-state index in [0.29, 0.717) is 0 Å². The molecule has 0 spiro atoms. The van der Waals surface area contributed by atoms with Crippen LogP contribution in [0.5, 0.6) is 0 Å². The van der Waals surface area contributed by atoms with Gasteiger partial charge < -0.3 is 5.73 Å². The molecule has 2 nitrogen and oxygen atoms in total. The first-order valence-corrected chi connectivity index (χ1v) is 8.45. The van der Waals surface area contributed by atoms with E-state index in [-0.39, 0.29) is 5.54 Å². The van der Waals surface area contributed by atoms with Crippen molar-refractivity contribution in [1.82, 2.24) is 4.98 Å². The van der Waals surface area contributed by atoms with Crippen LogP contribution in [-0.4, -0.2) is 4.98 Å². The summed E-state index contributed by atoms with van der Waals surface area (Å²) in [6.45, 7) is 0. The maximum absolute atomic E-state index is 6.62. The summed E-state index contributed by atoms with van der Waals surface area (Å²) >= 11 is 7.92. The molecule has 1 heterocycles. The van der Waals surface area contributed by atoms with Crippen molar-refractivity contribution in [2.75, 3.05) is 0 Å². The molecule has 0 aliphatic heterocycles. The highest BCUT2D eigenvalue weighted by molar-refractivity contribution is 7.10. The molecule has 1 aliphatic carbocycles. The first-order chi connectivity index (χ1) is 9.69. The van der Waals surface area contributed by atoms with Gasteiger partial charge in [0.1, 0.15) is 5.01 Å². The van der Waals surface area contributed by atoms with Crippen LogP contribution in [-0.2, 0) is 5.54 Å². The smallest absolute Gasteiger partial charge is 0.113 e. The fraction of sp³-hybridized carbons (Fsp3) is 0.438. The van der Waals surface area contributed by atoms with Gasteiger partial charge in [-0.15, -0.1) is 11.3 Å². The molecule has 0 radical (unpaired) electrons. The van der Waals surface area contributed by atoms with Crippen LogP contribution in [0.1, 0.15) is 43.5 Å². The van der Waals surface area contributed by atoms with Gasteiger partial charge in [0, 0.05) is 16.0 Å². The topological polar surface area (TPSA) is 38.9 Å². The quantitative estimate of drug-likeness (QED) is 0.795. The van der Waals surface area contributed by atoms with Crippen molar-refractivity contribution < 1.29 is 0 Å². The largest absolute Gasteiger partial charge is 0.319 e. The number of nitrogens with zero attached hydrogens (tertiary/aromatic N) is 1. The van der Waals surface area contributed by atoms with Crippen LogP contribution in [0, 0.1) is 0 Å². The van der Waals surface area contributed by atoms with Crippen molar-refractivity contribution >= 4 is 22.9 Å². The number of aromatic nitrogens is 1. The van der Waals surface area contributed by atoms with Gasteiger partial charge in [0.2, 0.25) is 0 Å². The summed E-state index contributed by atoms with van der Waals surface area (Å²) in [5.74, 6) is 0. The van der Waals surface area contributed by atoms with E-state index in [1.54, 1.807) is 11.3 Å². The number of thiazole rings is 1. The summed E-state index contributed by atoms with van der Waals surface area (Å²) in [5, 5.41) is 3.89. The molecular formula is C16H19ClN2S. The Bertz CT molecular complexity index is 586.